The minimum absolute atomic E-state index is 0.0325. The van der Waals surface area contributed by atoms with Gasteiger partial charge in [0.05, 0.1) is 29.7 Å². The molecule has 0 aliphatic carbocycles. The highest BCUT2D eigenvalue weighted by Gasteiger charge is 2.47. The minimum atomic E-state index is -1.12. The number of rotatable bonds is 8. The second kappa shape index (κ2) is 16.3. The van der Waals surface area contributed by atoms with Crippen molar-refractivity contribution < 1.29 is 38.1 Å². The summed E-state index contributed by atoms with van der Waals surface area (Å²) in [5, 5.41) is 5.89. The fourth-order valence-electron chi connectivity index (χ4n) is 5.39. The molecular formula is C34H40Cl2N2O8. The maximum atomic E-state index is 13.4. The van der Waals surface area contributed by atoms with Crippen molar-refractivity contribution in [2.75, 3.05) is 13.7 Å². The van der Waals surface area contributed by atoms with Crippen molar-refractivity contribution in [3.05, 3.63) is 75.8 Å². The van der Waals surface area contributed by atoms with Crippen LogP contribution in [-0.4, -0.2) is 61.8 Å². The van der Waals surface area contributed by atoms with Gasteiger partial charge >= 0.3 is 11.9 Å². The van der Waals surface area contributed by atoms with Gasteiger partial charge in [0.2, 0.25) is 11.8 Å². The van der Waals surface area contributed by atoms with Gasteiger partial charge in [-0.15, -0.1) is 0 Å². The lowest BCUT2D eigenvalue weighted by Gasteiger charge is -2.26. The Balaban J connectivity index is 1.56. The molecule has 2 heterocycles. The van der Waals surface area contributed by atoms with Crippen LogP contribution in [0.1, 0.15) is 57.3 Å². The number of amides is 2. The van der Waals surface area contributed by atoms with Gasteiger partial charge in [-0.05, 0) is 41.7 Å². The lowest BCUT2D eigenvalue weighted by atomic mass is 9.93. The van der Waals surface area contributed by atoms with Crippen LogP contribution in [-0.2, 0) is 39.8 Å². The van der Waals surface area contributed by atoms with Crippen molar-refractivity contribution in [2.24, 2.45) is 11.8 Å². The Morgan fingerprint density at radius 2 is 1.70 bits per heavy atom. The summed E-state index contributed by atoms with van der Waals surface area (Å²) in [5.74, 6) is -2.30. The van der Waals surface area contributed by atoms with Gasteiger partial charge in [0.1, 0.15) is 18.2 Å². The number of ether oxygens (including phenoxy) is 4. The van der Waals surface area contributed by atoms with Crippen LogP contribution in [0.3, 0.4) is 0 Å². The standard InChI is InChI=1S/C34H40Cl2N2O8/c1-19(2)15-27-34(42)45-26(20(3)30-31(46-30)22-9-6-5-7-10-22)11-8-12-28(39)38-25(33(41)37-14-13-29(40)44-27)18-21-16-23(35)32(43-4)24(36)17-21/h5-10,12,16-17,19-20,25-27,30-31H,11,13-15,18H2,1-4H3,(H,37,41)(H,38,39)/b12-8-/t20-,25+,26-,27-,30+,31+/m0/s1. The molecule has 4 rings (SSSR count). The summed E-state index contributed by atoms with van der Waals surface area (Å²) in [6.45, 7) is 5.67. The van der Waals surface area contributed by atoms with Gasteiger partial charge in [0, 0.05) is 25.3 Å². The number of halogens is 2. The molecule has 2 aliphatic heterocycles. The quantitative estimate of drug-likeness (QED) is 0.291. The molecule has 1 fully saturated rings. The molecule has 1 saturated heterocycles. The van der Waals surface area contributed by atoms with Crippen LogP contribution in [0.5, 0.6) is 5.75 Å². The van der Waals surface area contributed by atoms with Crippen LogP contribution in [0.4, 0.5) is 0 Å². The third-order valence-corrected chi connectivity index (χ3v) is 8.41. The lowest BCUT2D eigenvalue weighted by molar-refractivity contribution is -0.174. The summed E-state index contributed by atoms with van der Waals surface area (Å²) in [5.41, 5.74) is 1.60. The Labute approximate surface area is 279 Å². The zero-order valence-electron chi connectivity index (χ0n) is 26.3. The van der Waals surface area contributed by atoms with Crippen LogP contribution >= 0.6 is 23.2 Å². The zero-order chi connectivity index (χ0) is 33.4. The number of carbonyl (C=O) groups excluding carboxylic acids is 4. The van der Waals surface area contributed by atoms with Gasteiger partial charge in [0.25, 0.3) is 0 Å². The van der Waals surface area contributed by atoms with Crippen molar-refractivity contribution in [3.8, 4) is 5.75 Å². The second-order valence-electron chi connectivity index (χ2n) is 11.9. The van der Waals surface area contributed by atoms with Crippen LogP contribution in [0.15, 0.2) is 54.6 Å². The highest BCUT2D eigenvalue weighted by Crippen LogP contribution is 2.45. The van der Waals surface area contributed by atoms with Gasteiger partial charge in [0.15, 0.2) is 11.9 Å². The molecule has 6 atom stereocenters. The first-order chi connectivity index (χ1) is 22.0. The summed E-state index contributed by atoms with van der Waals surface area (Å²) in [7, 11) is 1.44. The lowest BCUT2D eigenvalue weighted by Crippen LogP contribution is -2.48. The van der Waals surface area contributed by atoms with Gasteiger partial charge in [-0.1, -0.05) is 80.4 Å². The third kappa shape index (κ3) is 9.70. The van der Waals surface area contributed by atoms with Crippen molar-refractivity contribution >= 4 is 47.0 Å². The Morgan fingerprint density at radius 1 is 1.00 bits per heavy atom. The smallest absolute Gasteiger partial charge is 0.347 e. The molecule has 2 aromatic rings. The van der Waals surface area contributed by atoms with E-state index >= 15 is 0 Å². The molecule has 12 heteroatoms. The number of cyclic esters (lactones) is 2. The molecule has 0 saturated carbocycles. The summed E-state index contributed by atoms with van der Waals surface area (Å²) in [6.07, 6.45) is 1.05. The molecule has 10 nitrogen and oxygen atoms in total. The third-order valence-electron chi connectivity index (χ3n) is 7.85. The molecule has 0 bridgehead atoms. The van der Waals surface area contributed by atoms with Crippen molar-refractivity contribution in [2.45, 2.75) is 76.9 Å². The first kappa shape index (κ1) is 35.3. The van der Waals surface area contributed by atoms with Gasteiger partial charge in [-0.3, -0.25) is 14.4 Å². The average Bonchev–Trinajstić information content (AvgIpc) is 3.80. The predicted molar refractivity (Wildman–Crippen MR) is 172 cm³/mol. The molecule has 0 unspecified atom stereocenters. The monoisotopic (exact) mass is 674 g/mol. The van der Waals surface area contributed by atoms with Gasteiger partial charge in [-0.2, -0.15) is 0 Å². The molecule has 248 valence electrons. The van der Waals surface area contributed by atoms with Crippen LogP contribution in [0, 0.1) is 11.8 Å². The first-order valence-electron chi connectivity index (χ1n) is 15.3. The molecular weight excluding hydrogens is 635 g/mol. The van der Waals surface area contributed by atoms with Crippen LogP contribution in [0.25, 0.3) is 0 Å². The molecule has 0 radical (unpaired) electrons. The molecule has 2 aromatic carbocycles. The first-order valence-corrected chi connectivity index (χ1v) is 16.1. The molecule has 0 spiro atoms. The summed E-state index contributed by atoms with van der Waals surface area (Å²) < 4.78 is 22.7. The highest BCUT2D eigenvalue weighted by molar-refractivity contribution is 6.37. The summed E-state index contributed by atoms with van der Waals surface area (Å²) in [6, 6.07) is 11.9. The van der Waals surface area contributed by atoms with Crippen LogP contribution < -0.4 is 15.4 Å². The van der Waals surface area contributed by atoms with E-state index in [0.29, 0.717) is 11.3 Å². The summed E-state index contributed by atoms with van der Waals surface area (Å²) >= 11 is 12.6. The number of methoxy groups -OCH3 is 1. The molecule has 2 aliphatic rings. The SMILES string of the molecule is COc1c(Cl)cc(C[C@H]2NC(=O)/C=C\C[C@@H]([C@H](C)[C@H]3O[C@@H]3c3ccccc3)OC(=O)[C@H](CC(C)C)OC(=O)CCNC2=O)cc1Cl. The fraction of sp³-hybridized carbons (Fsp3) is 0.471. The average molecular weight is 676 g/mol. The molecule has 2 N–H and O–H groups in total. The fourth-order valence-corrected chi connectivity index (χ4v) is 6.08. The molecule has 2 amide bonds. The Morgan fingerprint density at radius 3 is 2.35 bits per heavy atom. The van der Waals surface area contributed by atoms with Crippen molar-refractivity contribution in [1.82, 2.24) is 10.6 Å². The number of carbonyl (C=O) groups is 4. The maximum Gasteiger partial charge on any atom is 0.347 e. The van der Waals surface area contributed by atoms with Crippen molar-refractivity contribution in [1.29, 1.82) is 0 Å². The molecule has 46 heavy (non-hydrogen) atoms. The van der Waals surface area contributed by atoms with E-state index in [9.17, 15) is 19.2 Å². The van der Waals surface area contributed by atoms with E-state index in [4.69, 9.17) is 42.1 Å². The van der Waals surface area contributed by atoms with Crippen molar-refractivity contribution in [3.63, 3.8) is 0 Å². The Hall–Kier alpha value is -3.60. The Bertz CT molecular complexity index is 1410. The number of benzene rings is 2. The number of esters is 2. The predicted octanol–water partition coefficient (Wildman–Crippen LogP) is 5.14. The summed E-state index contributed by atoms with van der Waals surface area (Å²) in [4.78, 5) is 52.4. The van der Waals surface area contributed by atoms with E-state index in [1.165, 1.54) is 13.2 Å². The Kier molecular flexibility index (Phi) is 12.5. The van der Waals surface area contributed by atoms with E-state index in [2.05, 4.69) is 10.6 Å². The molecule has 0 aromatic heterocycles. The largest absolute Gasteiger partial charge is 0.494 e. The normalized spacial score (nSPS) is 25.9. The second-order valence-corrected chi connectivity index (χ2v) is 12.7. The number of hydrogen-bond donors (Lipinski definition) is 2. The topological polar surface area (TPSA) is 133 Å². The maximum absolute atomic E-state index is 13.4. The number of hydrogen-bond acceptors (Lipinski definition) is 8. The van der Waals surface area contributed by atoms with E-state index in [-0.39, 0.29) is 66.3 Å². The highest BCUT2D eigenvalue weighted by atomic mass is 35.5. The number of nitrogens with one attached hydrogen (secondary N) is 2. The van der Waals surface area contributed by atoms with Gasteiger partial charge in [-0.25, -0.2) is 4.79 Å². The van der Waals surface area contributed by atoms with Gasteiger partial charge < -0.3 is 29.6 Å². The zero-order valence-corrected chi connectivity index (χ0v) is 27.8. The van der Waals surface area contributed by atoms with E-state index < -0.39 is 42.0 Å². The minimum Gasteiger partial charge on any atom is -0.494 e. The number of epoxide rings is 1. The van der Waals surface area contributed by atoms with Crippen LogP contribution in [0.2, 0.25) is 10.0 Å². The van der Waals surface area contributed by atoms with E-state index in [1.807, 2.05) is 51.1 Å². The van der Waals surface area contributed by atoms with E-state index in [1.54, 1.807) is 18.2 Å². The van der Waals surface area contributed by atoms with E-state index in [0.717, 1.165) is 5.56 Å².